The van der Waals surface area contributed by atoms with E-state index in [0.717, 1.165) is 47.1 Å². The fourth-order valence-corrected chi connectivity index (χ4v) is 4.25. The van der Waals surface area contributed by atoms with Crippen molar-refractivity contribution in [2.45, 2.75) is 44.9 Å². The van der Waals surface area contributed by atoms with Crippen LogP contribution < -0.4 is 10.6 Å². The minimum Gasteiger partial charge on any atom is -0.371 e. The predicted molar refractivity (Wildman–Crippen MR) is 126 cm³/mol. The van der Waals surface area contributed by atoms with Gasteiger partial charge in [-0.15, -0.1) is 0 Å². The summed E-state index contributed by atoms with van der Waals surface area (Å²) < 4.78 is 7.90. The highest BCUT2D eigenvalue weighted by Crippen LogP contribution is 2.24. The van der Waals surface area contributed by atoms with Crippen molar-refractivity contribution in [2.75, 3.05) is 5.32 Å². The summed E-state index contributed by atoms with van der Waals surface area (Å²) in [4.78, 5) is 21.3. The highest BCUT2D eigenvalue weighted by atomic mass is 16.5. The van der Waals surface area contributed by atoms with E-state index in [2.05, 4.69) is 25.7 Å². The number of aromatic nitrogens is 4. The van der Waals surface area contributed by atoms with E-state index in [1.807, 2.05) is 60.1 Å². The number of nitrogens with one attached hydrogen (secondary N) is 2. The Hall–Kier alpha value is -3.78. The molecule has 3 aromatic heterocycles. The number of amides is 2. The second-order valence-corrected chi connectivity index (χ2v) is 8.31. The number of fused-ring (bicyclic) bond motifs is 1. The fourth-order valence-electron chi connectivity index (χ4n) is 4.25. The normalized spacial score (nSPS) is 17.8. The van der Waals surface area contributed by atoms with Crippen molar-refractivity contribution in [1.82, 2.24) is 25.1 Å². The third-order valence-corrected chi connectivity index (χ3v) is 5.90. The van der Waals surface area contributed by atoms with Crippen LogP contribution in [0, 0.1) is 6.92 Å². The first-order valence-electron chi connectivity index (χ1n) is 11.2. The maximum absolute atomic E-state index is 12.6. The van der Waals surface area contributed by atoms with Crippen LogP contribution in [0.1, 0.15) is 30.5 Å². The van der Waals surface area contributed by atoms with E-state index in [1.165, 1.54) is 0 Å². The predicted octanol–water partition coefficient (Wildman–Crippen LogP) is 4.38. The molecule has 1 aliphatic rings. The molecule has 1 aromatic carbocycles. The van der Waals surface area contributed by atoms with Crippen molar-refractivity contribution in [3.05, 3.63) is 78.4 Å². The SMILES string of the molecule is Cc1cc(-n2ncc3cc(NC(=O)N[C@H]4CCC[C@@H]4OCc4ccccc4)ncc32)ccn1. The minimum absolute atomic E-state index is 0.00782. The van der Waals surface area contributed by atoms with Crippen molar-refractivity contribution in [2.24, 2.45) is 0 Å². The van der Waals surface area contributed by atoms with Gasteiger partial charge in [0.2, 0.25) is 0 Å². The van der Waals surface area contributed by atoms with Gasteiger partial charge in [-0.2, -0.15) is 5.10 Å². The summed E-state index contributed by atoms with van der Waals surface area (Å²) in [5, 5.41) is 11.3. The Labute approximate surface area is 192 Å². The number of anilines is 1. The average molecular weight is 443 g/mol. The van der Waals surface area contributed by atoms with Gasteiger partial charge in [-0.1, -0.05) is 30.3 Å². The van der Waals surface area contributed by atoms with E-state index in [9.17, 15) is 4.79 Å². The number of carbonyl (C=O) groups excluding carboxylic acids is 1. The van der Waals surface area contributed by atoms with Gasteiger partial charge in [0.1, 0.15) is 5.82 Å². The summed E-state index contributed by atoms with van der Waals surface area (Å²) in [6.07, 6.45) is 8.12. The number of rotatable bonds is 6. The van der Waals surface area contributed by atoms with Crippen LogP contribution in [0.25, 0.3) is 16.6 Å². The van der Waals surface area contributed by atoms with Gasteiger partial charge in [-0.3, -0.25) is 10.3 Å². The molecule has 168 valence electrons. The Kier molecular flexibility index (Phi) is 5.99. The first-order valence-corrected chi connectivity index (χ1v) is 11.2. The molecule has 1 fully saturated rings. The first kappa shape index (κ1) is 21.1. The minimum atomic E-state index is -0.279. The van der Waals surface area contributed by atoms with Gasteiger partial charge in [-0.25, -0.2) is 14.5 Å². The van der Waals surface area contributed by atoms with E-state index >= 15 is 0 Å². The summed E-state index contributed by atoms with van der Waals surface area (Å²) in [6, 6.07) is 15.5. The lowest BCUT2D eigenvalue weighted by atomic mass is 10.2. The number of benzene rings is 1. The van der Waals surface area contributed by atoms with Gasteiger partial charge in [0.15, 0.2) is 0 Å². The summed E-state index contributed by atoms with van der Waals surface area (Å²) in [5.41, 5.74) is 3.82. The molecule has 5 rings (SSSR count). The molecule has 0 unspecified atom stereocenters. The van der Waals surface area contributed by atoms with E-state index < -0.39 is 0 Å². The maximum Gasteiger partial charge on any atom is 0.320 e. The standard InChI is InChI=1S/C25H26N6O2/c1-17-12-20(10-11-26-17)31-22-15-27-24(13-19(22)14-28-31)30-25(32)29-21-8-5-9-23(21)33-16-18-6-3-2-4-7-18/h2-4,6-7,10-15,21,23H,5,8-9,16H2,1H3,(H2,27,29,30,32)/t21-,23-/m0/s1. The van der Waals surface area contributed by atoms with Crippen LogP contribution in [0.4, 0.5) is 10.6 Å². The van der Waals surface area contributed by atoms with Crippen LogP contribution in [0.2, 0.25) is 0 Å². The molecule has 8 heteroatoms. The second kappa shape index (κ2) is 9.38. The van der Waals surface area contributed by atoms with Gasteiger partial charge in [0.05, 0.1) is 42.4 Å². The molecule has 0 aliphatic heterocycles. The highest BCUT2D eigenvalue weighted by Gasteiger charge is 2.29. The maximum atomic E-state index is 12.6. The van der Waals surface area contributed by atoms with E-state index in [-0.39, 0.29) is 18.2 Å². The third kappa shape index (κ3) is 4.85. The lowest BCUT2D eigenvalue weighted by Crippen LogP contribution is -2.43. The van der Waals surface area contributed by atoms with Crippen LogP contribution in [-0.4, -0.2) is 37.9 Å². The number of ether oxygens (including phenoxy) is 1. The van der Waals surface area contributed by atoms with Gasteiger partial charge in [0, 0.05) is 17.3 Å². The molecule has 0 saturated heterocycles. The number of nitrogens with zero attached hydrogens (tertiary/aromatic N) is 4. The molecule has 8 nitrogen and oxygen atoms in total. The molecule has 2 atom stereocenters. The first-order chi connectivity index (χ1) is 16.2. The van der Waals surface area contributed by atoms with Crippen molar-refractivity contribution in [3.63, 3.8) is 0 Å². The molecule has 1 saturated carbocycles. The number of pyridine rings is 2. The largest absolute Gasteiger partial charge is 0.371 e. The molecular weight excluding hydrogens is 416 g/mol. The summed E-state index contributed by atoms with van der Waals surface area (Å²) in [5.74, 6) is 0.477. The zero-order chi connectivity index (χ0) is 22.6. The van der Waals surface area contributed by atoms with Crippen LogP contribution in [-0.2, 0) is 11.3 Å². The number of hydrogen-bond acceptors (Lipinski definition) is 5. The molecule has 0 radical (unpaired) electrons. The van der Waals surface area contributed by atoms with Crippen molar-refractivity contribution >= 4 is 22.8 Å². The van der Waals surface area contributed by atoms with Crippen LogP contribution >= 0.6 is 0 Å². The van der Waals surface area contributed by atoms with Crippen molar-refractivity contribution < 1.29 is 9.53 Å². The van der Waals surface area contributed by atoms with Crippen LogP contribution in [0.15, 0.2) is 67.1 Å². The molecule has 2 N–H and O–H groups in total. The quantitative estimate of drug-likeness (QED) is 0.462. The lowest BCUT2D eigenvalue weighted by Gasteiger charge is -2.21. The van der Waals surface area contributed by atoms with E-state index in [0.29, 0.717) is 12.4 Å². The average Bonchev–Trinajstić information content (AvgIpc) is 3.44. The van der Waals surface area contributed by atoms with Crippen molar-refractivity contribution in [1.29, 1.82) is 0 Å². The summed E-state index contributed by atoms with van der Waals surface area (Å²) in [7, 11) is 0. The third-order valence-electron chi connectivity index (χ3n) is 5.90. The van der Waals surface area contributed by atoms with Gasteiger partial charge in [0.25, 0.3) is 0 Å². The zero-order valence-corrected chi connectivity index (χ0v) is 18.4. The van der Waals surface area contributed by atoms with Gasteiger partial charge in [-0.05, 0) is 49.9 Å². The Morgan fingerprint density at radius 3 is 2.85 bits per heavy atom. The molecule has 2 amide bonds. The number of urea groups is 1. The van der Waals surface area contributed by atoms with Crippen molar-refractivity contribution in [3.8, 4) is 5.69 Å². The molecule has 0 spiro atoms. The summed E-state index contributed by atoms with van der Waals surface area (Å²) >= 11 is 0. The molecule has 1 aliphatic carbocycles. The smallest absolute Gasteiger partial charge is 0.320 e. The van der Waals surface area contributed by atoms with E-state index in [1.54, 1.807) is 18.6 Å². The van der Waals surface area contributed by atoms with Gasteiger partial charge < -0.3 is 10.1 Å². The van der Waals surface area contributed by atoms with Gasteiger partial charge >= 0.3 is 6.03 Å². The zero-order valence-electron chi connectivity index (χ0n) is 18.4. The van der Waals surface area contributed by atoms with Crippen LogP contribution in [0.5, 0.6) is 0 Å². The Morgan fingerprint density at radius 1 is 1.12 bits per heavy atom. The Morgan fingerprint density at radius 2 is 2.00 bits per heavy atom. The molecule has 3 heterocycles. The van der Waals surface area contributed by atoms with Crippen LogP contribution in [0.3, 0.4) is 0 Å². The number of hydrogen-bond donors (Lipinski definition) is 2. The topological polar surface area (TPSA) is 94.0 Å². The molecule has 4 aromatic rings. The monoisotopic (exact) mass is 442 g/mol. The summed E-state index contributed by atoms with van der Waals surface area (Å²) in [6.45, 7) is 2.49. The molecule has 0 bridgehead atoms. The lowest BCUT2D eigenvalue weighted by molar-refractivity contribution is 0.0305. The van der Waals surface area contributed by atoms with E-state index in [4.69, 9.17) is 4.74 Å². The fraction of sp³-hybridized carbons (Fsp3) is 0.280. The molecular formula is C25H26N6O2. The number of carbonyl (C=O) groups is 1. The Bertz CT molecular complexity index is 1260. The molecule has 33 heavy (non-hydrogen) atoms. The Balaban J connectivity index is 1.22. The highest BCUT2D eigenvalue weighted by molar-refractivity contribution is 5.91. The second-order valence-electron chi connectivity index (χ2n) is 8.31. The number of aryl methyl sites for hydroxylation is 1.